The molecule has 0 saturated heterocycles. The van der Waals surface area contributed by atoms with Crippen molar-refractivity contribution in [3.63, 3.8) is 0 Å². The van der Waals surface area contributed by atoms with Crippen LogP contribution in [0.2, 0.25) is 18.1 Å². The smallest absolute Gasteiger partial charge is 0.407 e. The van der Waals surface area contributed by atoms with Crippen molar-refractivity contribution in [2.45, 2.75) is 136 Å². The first-order chi connectivity index (χ1) is 16.2. The van der Waals surface area contributed by atoms with E-state index in [2.05, 4.69) is 46.1 Å². The van der Waals surface area contributed by atoms with Gasteiger partial charge >= 0.3 is 6.09 Å². The van der Waals surface area contributed by atoms with Gasteiger partial charge in [-0.3, -0.25) is 0 Å². The van der Waals surface area contributed by atoms with Crippen LogP contribution in [-0.4, -0.2) is 27.1 Å². The predicted octanol–water partition coefficient (Wildman–Crippen LogP) is 9.00. The molecule has 0 spiro atoms. The number of nitrogens with one attached hydrogen (secondary N) is 1. The molecule has 0 saturated carbocycles. The second-order valence-corrected chi connectivity index (χ2v) is 16.1. The second-order valence-electron chi connectivity index (χ2n) is 11.3. The molecule has 1 amide bonds. The molecule has 196 valence electrons. The van der Waals surface area contributed by atoms with Crippen LogP contribution in [0.1, 0.15) is 110 Å². The molecule has 1 rings (SSSR count). The van der Waals surface area contributed by atoms with E-state index in [9.17, 15) is 4.79 Å². The Morgan fingerprint density at radius 1 is 0.882 bits per heavy atom. The highest BCUT2D eigenvalue weighted by molar-refractivity contribution is 6.74. The lowest BCUT2D eigenvalue weighted by molar-refractivity contribution is 0.132. The molecule has 0 aromatic heterocycles. The summed E-state index contributed by atoms with van der Waals surface area (Å²) in [6.45, 7) is 14.6. The molecule has 0 heterocycles. The van der Waals surface area contributed by atoms with Crippen molar-refractivity contribution < 1.29 is 14.0 Å². The van der Waals surface area contributed by atoms with Gasteiger partial charge in [0.25, 0.3) is 0 Å². The lowest BCUT2D eigenvalue weighted by Gasteiger charge is -2.36. The summed E-state index contributed by atoms with van der Waals surface area (Å²) in [5.74, 6) is 0. The maximum absolute atomic E-state index is 12.5. The normalized spacial score (nSPS) is 13.0. The van der Waals surface area contributed by atoms with Crippen LogP contribution >= 0.6 is 0 Å². The zero-order valence-electron chi connectivity index (χ0n) is 23.1. The maximum atomic E-state index is 12.5. The van der Waals surface area contributed by atoms with Crippen LogP contribution in [0.3, 0.4) is 0 Å². The number of rotatable bonds is 18. The van der Waals surface area contributed by atoms with Gasteiger partial charge in [0.1, 0.15) is 6.61 Å². The summed E-state index contributed by atoms with van der Waals surface area (Å²) in [4.78, 5) is 12.5. The molecule has 0 aliphatic carbocycles. The highest BCUT2D eigenvalue weighted by atomic mass is 28.4. The van der Waals surface area contributed by atoms with Crippen LogP contribution in [-0.2, 0) is 15.8 Å². The summed E-state index contributed by atoms with van der Waals surface area (Å²) in [5, 5.41) is 3.31. The number of amides is 1. The fraction of sp³-hybridized carbons (Fsp3) is 0.759. The van der Waals surface area contributed by atoms with Gasteiger partial charge in [0.15, 0.2) is 8.32 Å². The number of alkyl carbamates (subject to hydrolysis) is 1. The van der Waals surface area contributed by atoms with Crippen LogP contribution in [0.15, 0.2) is 30.3 Å². The van der Waals surface area contributed by atoms with Gasteiger partial charge in [0.05, 0.1) is 0 Å². The van der Waals surface area contributed by atoms with Crippen molar-refractivity contribution in [1.82, 2.24) is 5.32 Å². The highest BCUT2D eigenvalue weighted by Crippen LogP contribution is 2.36. The first kappa shape index (κ1) is 30.7. The van der Waals surface area contributed by atoms with Crippen LogP contribution in [0.4, 0.5) is 4.79 Å². The van der Waals surface area contributed by atoms with Crippen molar-refractivity contribution in [3.8, 4) is 0 Å². The van der Waals surface area contributed by atoms with Gasteiger partial charge in [-0.15, -0.1) is 0 Å². The summed E-state index contributed by atoms with van der Waals surface area (Å²) >= 11 is 0. The quantitative estimate of drug-likeness (QED) is 0.165. The molecular formula is C29H53NO3Si. The Morgan fingerprint density at radius 3 is 2.00 bits per heavy atom. The number of carbonyl (C=O) groups is 1. The van der Waals surface area contributed by atoms with Crippen molar-refractivity contribution in [1.29, 1.82) is 0 Å². The fourth-order valence-corrected chi connectivity index (χ4v) is 4.83. The number of benzene rings is 1. The summed E-state index contributed by atoms with van der Waals surface area (Å²) in [7, 11) is -1.78. The molecule has 0 aliphatic heterocycles. The van der Waals surface area contributed by atoms with Crippen LogP contribution < -0.4 is 5.32 Å². The highest BCUT2D eigenvalue weighted by Gasteiger charge is 2.37. The van der Waals surface area contributed by atoms with E-state index in [4.69, 9.17) is 9.16 Å². The molecule has 0 fully saturated rings. The van der Waals surface area contributed by atoms with E-state index in [0.717, 1.165) is 24.8 Å². The minimum atomic E-state index is -1.78. The standard InChI is InChI=1S/C29H53NO3Si/c1-7-8-9-10-11-12-13-14-15-19-22-27(23-24-33-34(5,6)29(2,3)4)30-28(31)32-25-26-20-17-16-18-21-26/h16-18,20-21,27H,7-15,19,22-25H2,1-6H3,(H,30,31). The first-order valence-corrected chi connectivity index (χ1v) is 16.7. The SMILES string of the molecule is CCCCCCCCCCCCC(CCO[Si](C)(C)C(C)(C)C)NC(=O)OCc1ccccc1. The molecule has 0 bridgehead atoms. The molecule has 5 heteroatoms. The molecule has 0 aliphatic rings. The molecule has 1 unspecified atom stereocenters. The summed E-state index contributed by atoms with van der Waals surface area (Å²) in [6.07, 6.45) is 14.7. The first-order valence-electron chi connectivity index (χ1n) is 13.8. The molecule has 1 aromatic carbocycles. The second kappa shape index (κ2) is 17.2. The molecule has 4 nitrogen and oxygen atoms in total. The predicted molar refractivity (Wildman–Crippen MR) is 148 cm³/mol. The van der Waals surface area contributed by atoms with E-state index in [-0.39, 0.29) is 17.2 Å². The van der Waals surface area contributed by atoms with E-state index < -0.39 is 8.32 Å². The number of hydrogen-bond donors (Lipinski definition) is 1. The third-order valence-corrected chi connectivity index (χ3v) is 11.7. The van der Waals surface area contributed by atoms with Gasteiger partial charge in [0.2, 0.25) is 0 Å². The van der Waals surface area contributed by atoms with E-state index in [0.29, 0.717) is 13.2 Å². The van der Waals surface area contributed by atoms with Crippen LogP contribution in [0.25, 0.3) is 0 Å². The Bertz CT molecular complexity index is 643. The van der Waals surface area contributed by atoms with Crippen molar-refractivity contribution in [2.24, 2.45) is 0 Å². The fourth-order valence-electron chi connectivity index (χ4n) is 3.77. The average Bonchev–Trinajstić information content (AvgIpc) is 2.78. The van der Waals surface area contributed by atoms with Gasteiger partial charge in [-0.05, 0) is 36.5 Å². The van der Waals surface area contributed by atoms with E-state index >= 15 is 0 Å². The van der Waals surface area contributed by atoms with Gasteiger partial charge < -0.3 is 14.5 Å². The lowest BCUT2D eigenvalue weighted by Crippen LogP contribution is -2.42. The molecule has 0 radical (unpaired) electrons. The zero-order valence-corrected chi connectivity index (χ0v) is 24.1. The van der Waals surface area contributed by atoms with Gasteiger partial charge in [-0.1, -0.05) is 122 Å². The number of hydrogen-bond acceptors (Lipinski definition) is 3. The van der Waals surface area contributed by atoms with Gasteiger partial charge in [-0.25, -0.2) is 4.79 Å². The largest absolute Gasteiger partial charge is 0.445 e. The zero-order chi connectivity index (χ0) is 25.3. The van der Waals surface area contributed by atoms with Crippen molar-refractivity contribution >= 4 is 14.4 Å². The monoisotopic (exact) mass is 491 g/mol. The maximum Gasteiger partial charge on any atom is 0.407 e. The number of ether oxygens (including phenoxy) is 1. The van der Waals surface area contributed by atoms with Crippen molar-refractivity contribution in [2.75, 3.05) is 6.61 Å². The topological polar surface area (TPSA) is 47.6 Å². The average molecular weight is 492 g/mol. The molecule has 34 heavy (non-hydrogen) atoms. The Morgan fingerprint density at radius 2 is 1.44 bits per heavy atom. The van der Waals surface area contributed by atoms with Crippen molar-refractivity contribution in [3.05, 3.63) is 35.9 Å². The minimum Gasteiger partial charge on any atom is -0.445 e. The van der Waals surface area contributed by atoms with Gasteiger partial charge in [0, 0.05) is 12.6 Å². The summed E-state index contributed by atoms with van der Waals surface area (Å²) in [5.41, 5.74) is 1.00. The molecular weight excluding hydrogens is 438 g/mol. The molecule has 1 N–H and O–H groups in total. The Hall–Kier alpha value is -1.33. The number of carbonyl (C=O) groups excluding carboxylic acids is 1. The van der Waals surface area contributed by atoms with Crippen LogP contribution in [0, 0.1) is 0 Å². The van der Waals surface area contributed by atoms with E-state index in [1.807, 2.05) is 30.3 Å². The Kier molecular flexibility index (Phi) is 15.5. The lowest BCUT2D eigenvalue weighted by atomic mass is 10.0. The Labute approximate surface area is 211 Å². The molecule has 1 atom stereocenters. The third-order valence-electron chi connectivity index (χ3n) is 7.18. The molecule has 1 aromatic rings. The third kappa shape index (κ3) is 14.2. The number of unbranched alkanes of at least 4 members (excludes halogenated alkanes) is 9. The summed E-state index contributed by atoms with van der Waals surface area (Å²) in [6, 6.07) is 9.94. The van der Waals surface area contributed by atoms with E-state index in [1.165, 1.54) is 57.8 Å². The summed E-state index contributed by atoms with van der Waals surface area (Å²) < 4.78 is 11.9. The minimum absolute atomic E-state index is 0.0992. The van der Waals surface area contributed by atoms with E-state index in [1.54, 1.807) is 0 Å². The van der Waals surface area contributed by atoms with Gasteiger partial charge in [-0.2, -0.15) is 0 Å². The van der Waals surface area contributed by atoms with Crippen LogP contribution in [0.5, 0.6) is 0 Å². The Balaban J connectivity index is 2.39.